The van der Waals surface area contributed by atoms with Crippen LogP contribution in [0.1, 0.15) is 30.9 Å². The summed E-state index contributed by atoms with van der Waals surface area (Å²) in [7, 11) is 1.62. The number of imide groups is 1. The van der Waals surface area contributed by atoms with Gasteiger partial charge < -0.3 is 15.0 Å². The Labute approximate surface area is 214 Å². The molecule has 8 heteroatoms. The van der Waals surface area contributed by atoms with Crippen LogP contribution in [0.3, 0.4) is 0 Å². The molecule has 0 radical (unpaired) electrons. The van der Waals surface area contributed by atoms with Gasteiger partial charge in [-0.3, -0.25) is 15.0 Å². The van der Waals surface area contributed by atoms with Crippen LogP contribution in [-0.4, -0.2) is 34.9 Å². The lowest BCUT2D eigenvalue weighted by atomic mass is 9.87. The molecule has 1 aliphatic heterocycles. The number of para-hydroxylation sites is 1. The van der Waals surface area contributed by atoms with Gasteiger partial charge in [-0.25, -0.2) is 4.79 Å². The average Bonchev–Trinajstić information content (AvgIpc) is 3.43. The maximum Gasteiger partial charge on any atom is 0.344 e. The topological polar surface area (TPSA) is 104 Å². The number of H-pyrrole nitrogens is 1. The number of methoxy groups -OCH3 is 1. The van der Waals surface area contributed by atoms with Crippen molar-refractivity contribution in [1.82, 2.24) is 20.7 Å². The number of urea groups is 1. The highest BCUT2D eigenvalue weighted by atomic mass is 16.5. The Balaban J connectivity index is 1.35. The van der Waals surface area contributed by atoms with Crippen molar-refractivity contribution in [3.63, 3.8) is 0 Å². The number of nitrogens with zero attached hydrogens (tertiary/aromatic N) is 1. The Hall–Kier alpha value is -4.59. The first-order valence-corrected chi connectivity index (χ1v) is 12.2. The number of carbonyl (C=O) groups is 3. The number of aromatic amines is 1. The number of ether oxygens (including phenoxy) is 1. The molecule has 0 aliphatic carbocycles. The number of hydrazine groups is 1. The zero-order valence-electron chi connectivity index (χ0n) is 20.7. The molecule has 1 fully saturated rings. The summed E-state index contributed by atoms with van der Waals surface area (Å²) in [6, 6.07) is 24.1. The number of hydrogen-bond donors (Lipinski definition) is 3. The minimum atomic E-state index is -1.20. The van der Waals surface area contributed by atoms with Gasteiger partial charge in [0.1, 0.15) is 11.3 Å². The molecular weight excluding hydrogens is 468 g/mol. The lowest BCUT2D eigenvalue weighted by molar-refractivity contribution is -0.139. The number of carbonyl (C=O) groups excluding carboxylic acids is 3. The molecule has 37 heavy (non-hydrogen) atoms. The first-order chi connectivity index (χ1) is 18.0. The minimum Gasteiger partial charge on any atom is -0.497 e. The van der Waals surface area contributed by atoms with E-state index in [0.29, 0.717) is 18.4 Å². The van der Waals surface area contributed by atoms with Crippen LogP contribution >= 0.6 is 0 Å². The number of rotatable bonds is 8. The van der Waals surface area contributed by atoms with Crippen molar-refractivity contribution in [3.8, 4) is 17.0 Å². The van der Waals surface area contributed by atoms with Crippen LogP contribution in [-0.2, 0) is 21.5 Å². The molecule has 1 aliphatic rings. The zero-order chi connectivity index (χ0) is 26.0. The smallest absolute Gasteiger partial charge is 0.344 e. The molecule has 3 N–H and O–H groups in total. The minimum absolute atomic E-state index is 0.0898. The summed E-state index contributed by atoms with van der Waals surface area (Å²) in [5, 5.41) is 4.60. The molecule has 4 aromatic rings. The quantitative estimate of drug-likeness (QED) is 0.309. The predicted molar refractivity (Wildman–Crippen MR) is 141 cm³/mol. The van der Waals surface area contributed by atoms with E-state index in [0.717, 1.165) is 38.5 Å². The SMILES string of the molecule is CCC1(c2ccccc2)NC(=O)N(NC(=O)CCc2c(-c3ccc(OC)cc3)[nH]c3ccccc23)C1=O. The fourth-order valence-corrected chi connectivity index (χ4v) is 4.92. The van der Waals surface area contributed by atoms with Gasteiger partial charge in [-0.1, -0.05) is 55.5 Å². The summed E-state index contributed by atoms with van der Waals surface area (Å²) >= 11 is 0. The van der Waals surface area contributed by atoms with E-state index >= 15 is 0 Å². The predicted octanol–water partition coefficient (Wildman–Crippen LogP) is 4.66. The fraction of sp³-hybridized carbons (Fsp3) is 0.207. The van der Waals surface area contributed by atoms with Crippen LogP contribution in [0, 0.1) is 0 Å². The number of aryl methyl sites for hydroxylation is 1. The van der Waals surface area contributed by atoms with E-state index in [1.54, 1.807) is 19.2 Å². The van der Waals surface area contributed by atoms with Crippen molar-refractivity contribution in [2.45, 2.75) is 31.7 Å². The zero-order valence-corrected chi connectivity index (χ0v) is 20.7. The standard InChI is InChI=1S/C29H28N4O4/c1-3-29(20-9-5-4-6-10-20)27(35)33(28(36)31-29)32-25(34)18-17-23-22-11-7-8-12-24(22)30-26(23)19-13-15-21(37-2)16-14-19/h4-16,30H,3,17-18H2,1-2H3,(H,31,36)(H,32,34). The summed E-state index contributed by atoms with van der Waals surface area (Å²) < 4.78 is 5.28. The summed E-state index contributed by atoms with van der Waals surface area (Å²) in [5.74, 6) is -0.159. The summed E-state index contributed by atoms with van der Waals surface area (Å²) in [6.45, 7) is 1.83. The Kier molecular flexibility index (Phi) is 6.40. The largest absolute Gasteiger partial charge is 0.497 e. The second-order valence-corrected chi connectivity index (χ2v) is 8.98. The van der Waals surface area contributed by atoms with E-state index in [1.807, 2.05) is 73.7 Å². The second-order valence-electron chi connectivity index (χ2n) is 8.98. The van der Waals surface area contributed by atoms with Crippen LogP contribution in [0.2, 0.25) is 0 Å². The van der Waals surface area contributed by atoms with Crippen molar-refractivity contribution in [2.75, 3.05) is 7.11 Å². The normalized spacial score (nSPS) is 17.2. The molecule has 1 unspecified atom stereocenters. The maximum absolute atomic E-state index is 13.3. The molecule has 0 saturated carbocycles. The highest BCUT2D eigenvalue weighted by Crippen LogP contribution is 2.33. The Morgan fingerprint density at radius 3 is 2.38 bits per heavy atom. The van der Waals surface area contributed by atoms with Crippen LogP contribution in [0.5, 0.6) is 5.75 Å². The molecule has 4 amide bonds. The number of amides is 4. The van der Waals surface area contributed by atoms with Crippen molar-refractivity contribution in [3.05, 3.63) is 90.0 Å². The van der Waals surface area contributed by atoms with Gasteiger partial charge in [0.2, 0.25) is 5.91 Å². The van der Waals surface area contributed by atoms with Gasteiger partial charge in [0, 0.05) is 23.0 Å². The van der Waals surface area contributed by atoms with E-state index in [-0.39, 0.29) is 6.42 Å². The van der Waals surface area contributed by atoms with Gasteiger partial charge in [-0.2, -0.15) is 5.01 Å². The van der Waals surface area contributed by atoms with E-state index < -0.39 is 23.4 Å². The molecule has 8 nitrogen and oxygen atoms in total. The molecule has 1 aromatic heterocycles. The molecule has 3 aromatic carbocycles. The third kappa shape index (κ3) is 4.31. The second kappa shape index (κ2) is 9.81. The van der Waals surface area contributed by atoms with E-state index in [2.05, 4.69) is 15.7 Å². The molecule has 1 saturated heterocycles. The van der Waals surface area contributed by atoms with Gasteiger partial charge in [0.25, 0.3) is 5.91 Å². The summed E-state index contributed by atoms with van der Waals surface area (Å²) in [5.41, 5.74) is 5.84. The number of fused-ring (bicyclic) bond motifs is 1. The number of nitrogens with one attached hydrogen (secondary N) is 3. The van der Waals surface area contributed by atoms with Crippen molar-refractivity contribution < 1.29 is 19.1 Å². The maximum atomic E-state index is 13.3. The monoisotopic (exact) mass is 496 g/mol. The van der Waals surface area contributed by atoms with Gasteiger partial charge in [0.05, 0.1) is 7.11 Å². The molecule has 188 valence electrons. The van der Waals surface area contributed by atoms with Gasteiger partial charge in [-0.15, -0.1) is 0 Å². The summed E-state index contributed by atoms with van der Waals surface area (Å²) in [6.07, 6.45) is 0.861. The first kappa shape index (κ1) is 24.1. The van der Waals surface area contributed by atoms with E-state index in [1.165, 1.54) is 0 Å². The number of benzene rings is 3. The Morgan fingerprint density at radius 1 is 0.973 bits per heavy atom. The van der Waals surface area contributed by atoms with E-state index in [4.69, 9.17) is 4.74 Å². The molecule has 1 atom stereocenters. The fourth-order valence-electron chi connectivity index (χ4n) is 4.92. The Morgan fingerprint density at radius 2 is 1.68 bits per heavy atom. The number of aromatic nitrogens is 1. The van der Waals surface area contributed by atoms with Gasteiger partial charge in [-0.05, 0) is 59.9 Å². The molecule has 5 rings (SSSR count). The lowest BCUT2D eigenvalue weighted by Gasteiger charge is -2.25. The van der Waals surface area contributed by atoms with E-state index in [9.17, 15) is 14.4 Å². The highest BCUT2D eigenvalue weighted by molar-refractivity contribution is 6.08. The molecule has 0 spiro atoms. The molecular formula is C29H28N4O4. The van der Waals surface area contributed by atoms with Crippen molar-refractivity contribution in [2.24, 2.45) is 0 Å². The first-order valence-electron chi connectivity index (χ1n) is 12.2. The molecule has 2 heterocycles. The van der Waals surface area contributed by atoms with Crippen molar-refractivity contribution >= 4 is 28.7 Å². The summed E-state index contributed by atoms with van der Waals surface area (Å²) in [4.78, 5) is 42.5. The van der Waals surface area contributed by atoms with Crippen LogP contribution in [0.4, 0.5) is 4.79 Å². The lowest BCUT2D eigenvalue weighted by Crippen LogP contribution is -2.48. The van der Waals surface area contributed by atoms with Crippen LogP contribution < -0.4 is 15.5 Å². The number of hydrogen-bond acceptors (Lipinski definition) is 4. The van der Waals surface area contributed by atoms with Crippen molar-refractivity contribution in [1.29, 1.82) is 0 Å². The highest BCUT2D eigenvalue weighted by Gasteiger charge is 2.52. The van der Waals surface area contributed by atoms with Crippen LogP contribution in [0.15, 0.2) is 78.9 Å². The third-order valence-corrected chi connectivity index (χ3v) is 6.92. The van der Waals surface area contributed by atoms with Gasteiger partial charge in [0.15, 0.2) is 0 Å². The van der Waals surface area contributed by atoms with Crippen LogP contribution in [0.25, 0.3) is 22.2 Å². The molecule has 0 bridgehead atoms. The van der Waals surface area contributed by atoms with Gasteiger partial charge >= 0.3 is 6.03 Å². The third-order valence-electron chi connectivity index (χ3n) is 6.92. The average molecular weight is 497 g/mol. The Bertz CT molecular complexity index is 1460.